The molecule has 7 N–H and O–H groups in total. The van der Waals surface area contributed by atoms with Crippen LogP contribution in [0.5, 0.6) is 0 Å². The smallest absolute Gasteiger partial charge is 0.345 e. The molecule has 0 spiro atoms. The predicted molar refractivity (Wildman–Crippen MR) is 80.5 cm³/mol. The van der Waals surface area contributed by atoms with Gasteiger partial charge in [-0.15, -0.1) is 0 Å². The molecule has 1 atom stereocenters. The molecule has 8 nitrogen and oxygen atoms in total. The maximum absolute atomic E-state index is 11.5. The van der Waals surface area contributed by atoms with E-state index in [1.807, 2.05) is 5.43 Å². The van der Waals surface area contributed by atoms with Crippen molar-refractivity contribution in [2.24, 2.45) is 17.4 Å². The molecular formula is C13H29N5O3. The Bertz CT molecular complexity index is 302. The van der Waals surface area contributed by atoms with Crippen molar-refractivity contribution >= 4 is 12.0 Å². The van der Waals surface area contributed by atoms with Crippen molar-refractivity contribution in [2.45, 2.75) is 57.9 Å². The summed E-state index contributed by atoms with van der Waals surface area (Å²) in [6.07, 6.45) is 5.40. The Morgan fingerprint density at radius 1 is 1.24 bits per heavy atom. The number of carbonyl (C=O) groups is 2. The first-order valence-corrected chi connectivity index (χ1v) is 7.47. The fourth-order valence-corrected chi connectivity index (χ4v) is 2.00. The predicted octanol–water partition coefficient (Wildman–Crippen LogP) is 0.367. The number of nitrogens with one attached hydrogen (secondary N) is 1. The van der Waals surface area contributed by atoms with E-state index in [-0.39, 0.29) is 18.6 Å². The lowest BCUT2D eigenvalue weighted by Gasteiger charge is -2.27. The van der Waals surface area contributed by atoms with Gasteiger partial charge in [-0.3, -0.25) is 15.2 Å². The second-order valence-electron chi connectivity index (χ2n) is 4.91. The number of hydrogen-bond acceptors (Lipinski definition) is 6. The SMILES string of the molecule is CCCCC(CCCCC(=O)OCCN)N(N)C(=O)NN. The van der Waals surface area contributed by atoms with Gasteiger partial charge in [0.15, 0.2) is 0 Å². The largest absolute Gasteiger partial charge is 0.464 e. The van der Waals surface area contributed by atoms with Crippen molar-refractivity contribution in [3.63, 3.8) is 0 Å². The van der Waals surface area contributed by atoms with Crippen LogP contribution >= 0.6 is 0 Å². The fourth-order valence-electron chi connectivity index (χ4n) is 2.00. The number of carbonyl (C=O) groups excluding carboxylic acids is 2. The number of nitrogens with zero attached hydrogens (tertiary/aromatic N) is 1. The third kappa shape index (κ3) is 9.22. The third-order valence-corrected chi connectivity index (χ3v) is 3.19. The molecule has 2 amide bonds. The number of esters is 1. The quantitative estimate of drug-likeness (QED) is 0.143. The zero-order valence-electron chi connectivity index (χ0n) is 12.8. The molecule has 0 aromatic carbocycles. The molecule has 124 valence electrons. The highest BCUT2D eigenvalue weighted by Gasteiger charge is 2.19. The van der Waals surface area contributed by atoms with Gasteiger partial charge in [-0.25, -0.2) is 16.5 Å². The minimum Gasteiger partial charge on any atom is -0.464 e. The van der Waals surface area contributed by atoms with Gasteiger partial charge in [-0.2, -0.15) is 0 Å². The Labute approximate surface area is 126 Å². The van der Waals surface area contributed by atoms with E-state index < -0.39 is 6.03 Å². The number of ether oxygens (including phenoxy) is 1. The molecule has 0 aliphatic heterocycles. The van der Waals surface area contributed by atoms with Crippen molar-refractivity contribution in [1.82, 2.24) is 10.4 Å². The van der Waals surface area contributed by atoms with Crippen molar-refractivity contribution in [3.05, 3.63) is 0 Å². The van der Waals surface area contributed by atoms with E-state index in [0.717, 1.165) is 37.1 Å². The number of rotatable bonds is 11. The van der Waals surface area contributed by atoms with Gasteiger partial charge in [-0.1, -0.05) is 26.2 Å². The van der Waals surface area contributed by atoms with Crippen molar-refractivity contribution < 1.29 is 14.3 Å². The highest BCUT2D eigenvalue weighted by molar-refractivity contribution is 5.73. The molecule has 0 bridgehead atoms. The van der Waals surface area contributed by atoms with Crippen molar-refractivity contribution in [1.29, 1.82) is 0 Å². The summed E-state index contributed by atoms with van der Waals surface area (Å²) in [7, 11) is 0. The molecule has 0 saturated heterocycles. The van der Waals surface area contributed by atoms with Crippen LogP contribution in [-0.4, -0.2) is 36.2 Å². The number of urea groups is 1. The Morgan fingerprint density at radius 3 is 2.48 bits per heavy atom. The Balaban J connectivity index is 4.06. The number of hydrogen-bond donors (Lipinski definition) is 4. The molecule has 0 aromatic rings. The molecule has 0 saturated carbocycles. The summed E-state index contributed by atoms with van der Waals surface area (Å²) in [6.45, 7) is 2.67. The zero-order valence-corrected chi connectivity index (χ0v) is 12.8. The van der Waals surface area contributed by atoms with E-state index in [1.165, 1.54) is 0 Å². The van der Waals surface area contributed by atoms with E-state index in [1.54, 1.807) is 0 Å². The molecule has 0 aromatic heterocycles. The molecule has 1 unspecified atom stereocenters. The topological polar surface area (TPSA) is 137 Å². The van der Waals surface area contributed by atoms with E-state index in [2.05, 4.69) is 6.92 Å². The summed E-state index contributed by atoms with van der Waals surface area (Å²) in [4.78, 5) is 22.8. The Morgan fingerprint density at radius 2 is 1.90 bits per heavy atom. The van der Waals surface area contributed by atoms with E-state index in [0.29, 0.717) is 19.4 Å². The lowest BCUT2D eigenvalue weighted by atomic mass is 10.0. The van der Waals surface area contributed by atoms with Gasteiger partial charge in [0.2, 0.25) is 0 Å². The first-order valence-electron chi connectivity index (χ1n) is 7.47. The lowest BCUT2D eigenvalue weighted by molar-refractivity contribution is -0.143. The van der Waals surface area contributed by atoms with Gasteiger partial charge in [0.1, 0.15) is 6.61 Å². The fraction of sp³-hybridized carbons (Fsp3) is 0.846. The summed E-state index contributed by atoms with van der Waals surface area (Å²) < 4.78 is 4.89. The van der Waals surface area contributed by atoms with Crippen LogP contribution in [0.4, 0.5) is 4.79 Å². The van der Waals surface area contributed by atoms with Crippen LogP contribution in [0.2, 0.25) is 0 Å². The normalized spacial score (nSPS) is 11.8. The van der Waals surface area contributed by atoms with Crippen LogP contribution in [0, 0.1) is 0 Å². The summed E-state index contributed by atoms with van der Waals surface area (Å²) in [6, 6.07) is -0.577. The average molecular weight is 303 g/mol. The summed E-state index contributed by atoms with van der Waals surface area (Å²) in [5, 5.41) is 1.14. The van der Waals surface area contributed by atoms with Crippen LogP contribution in [0.1, 0.15) is 51.9 Å². The zero-order chi connectivity index (χ0) is 16.1. The number of hydrazine groups is 2. The average Bonchev–Trinajstić information content (AvgIpc) is 2.50. The molecule has 0 rings (SSSR count). The number of nitrogens with two attached hydrogens (primary N) is 3. The molecule has 8 heteroatoms. The minimum absolute atomic E-state index is 0.0754. The monoisotopic (exact) mass is 303 g/mol. The van der Waals surface area contributed by atoms with Crippen LogP contribution in [0.25, 0.3) is 0 Å². The van der Waals surface area contributed by atoms with Crippen LogP contribution in [0.15, 0.2) is 0 Å². The standard InChI is InChI=1S/C13H29N5O3/c1-2-3-6-11(18(16)13(20)17-15)7-4-5-8-12(19)21-10-9-14/h11H,2-10,14-16H2,1H3,(H,17,20). The highest BCUT2D eigenvalue weighted by atomic mass is 16.5. The highest BCUT2D eigenvalue weighted by Crippen LogP contribution is 2.14. The first kappa shape index (κ1) is 19.6. The molecular weight excluding hydrogens is 274 g/mol. The Hall–Kier alpha value is -1.38. The van der Waals surface area contributed by atoms with Crippen molar-refractivity contribution in [3.8, 4) is 0 Å². The number of unbranched alkanes of at least 4 members (excludes halogenated alkanes) is 2. The summed E-state index contributed by atoms with van der Waals surface area (Å²) in [5.74, 6) is 10.6. The first-order chi connectivity index (χ1) is 10.1. The second kappa shape index (κ2) is 12.4. The summed E-state index contributed by atoms with van der Waals surface area (Å²) >= 11 is 0. The van der Waals surface area contributed by atoms with Crippen LogP contribution in [-0.2, 0) is 9.53 Å². The van der Waals surface area contributed by atoms with Crippen molar-refractivity contribution in [2.75, 3.05) is 13.2 Å². The molecule has 0 fully saturated rings. The van der Waals surface area contributed by atoms with Crippen LogP contribution in [0.3, 0.4) is 0 Å². The minimum atomic E-state index is -0.501. The third-order valence-electron chi connectivity index (χ3n) is 3.19. The molecule has 21 heavy (non-hydrogen) atoms. The second-order valence-corrected chi connectivity index (χ2v) is 4.91. The molecule has 0 heterocycles. The maximum atomic E-state index is 11.5. The number of amides is 2. The lowest BCUT2D eigenvalue weighted by Crippen LogP contribution is -2.52. The maximum Gasteiger partial charge on any atom is 0.345 e. The molecule has 0 aliphatic carbocycles. The molecule has 0 aliphatic rings. The molecule has 0 radical (unpaired) electrons. The van der Waals surface area contributed by atoms with Crippen LogP contribution < -0.4 is 22.8 Å². The van der Waals surface area contributed by atoms with Gasteiger partial charge in [-0.05, 0) is 19.3 Å². The van der Waals surface area contributed by atoms with E-state index in [9.17, 15) is 9.59 Å². The van der Waals surface area contributed by atoms with E-state index >= 15 is 0 Å². The van der Waals surface area contributed by atoms with E-state index in [4.69, 9.17) is 22.2 Å². The van der Waals surface area contributed by atoms with Gasteiger partial charge in [0.05, 0.1) is 0 Å². The Kier molecular flexibility index (Phi) is 11.6. The van der Waals surface area contributed by atoms with Gasteiger partial charge >= 0.3 is 12.0 Å². The van der Waals surface area contributed by atoms with Gasteiger partial charge < -0.3 is 10.5 Å². The summed E-state index contributed by atoms with van der Waals surface area (Å²) in [5.41, 5.74) is 7.28. The van der Waals surface area contributed by atoms with Gasteiger partial charge in [0, 0.05) is 19.0 Å². The van der Waals surface area contributed by atoms with Gasteiger partial charge in [0.25, 0.3) is 0 Å².